The van der Waals surface area contributed by atoms with E-state index in [0.29, 0.717) is 19.2 Å². The number of hydrogen-bond acceptors (Lipinski definition) is 4. The third-order valence-corrected chi connectivity index (χ3v) is 8.07. The maximum absolute atomic E-state index is 13.5. The van der Waals surface area contributed by atoms with Crippen LogP contribution in [0.3, 0.4) is 0 Å². The molecule has 9 heteroatoms. The van der Waals surface area contributed by atoms with Crippen LogP contribution in [0.15, 0.2) is 23.1 Å². The molecule has 2 aliphatic rings. The summed E-state index contributed by atoms with van der Waals surface area (Å²) in [7, 11) is -2.04. The molecule has 1 unspecified atom stereocenters. The summed E-state index contributed by atoms with van der Waals surface area (Å²) in [5.41, 5.74) is 0. The molecule has 1 saturated heterocycles. The van der Waals surface area contributed by atoms with Crippen LogP contribution >= 0.6 is 0 Å². The molecule has 1 aromatic carbocycles. The molecule has 29 heavy (non-hydrogen) atoms. The van der Waals surface area contributed by atoms with Crippen molar-refractivity contribution in [1.82, 2.24) is 14.1 Å². The molecule has 3 rings (SSSR count). The fourth-order valence-electron chi connectivity index (χ4n) is 4.22. The largest absolute Gasteiger partial charge is 0.341 e. The van der Waals surface area contributed by atoms with E-state index >= 15 is 0 Å². The highest BCUT2D eigenvalue weighted by molar-refractivity contribution is 7.89. The molecular weight excluding hydrogens is 400 g/mol. The van der Waals surface area contributed by atoms with Crippen molar-refractivity contribution in [2.45, 2.75) is 56.0 Å². The average molecular weight is 430 g/mol. The summed E-state index contributed by atoms with van der Waals surface area (Å²) < 4.78 is 53.3. The van der Waals surface area contributed by atoms with Gasteiger partial charge in [0.15, 0.2) is 11.6 Å². The fraction of sp³-hybridized carbons (Fsp3) is 0.650. The van der Waals surface area contributed by atoms with E-state index in [2.05, 4.69) is 0 Å². The van der Waals surface area contributed by atoms with Crippen LogP contribution in [0.4, 0.5) is 8.78 Å². The van der Waals surface area contributed by atoms with Crippen LogP contribution in [-0.2, 0) is 14.8 Å². The molecule has 0 radical (unpaired) electrons. The Hall–Kier alpha value is -1.58. The zero-order chi connectivity index (χ0) is 21.2. The van der Waals surface area contributed by atoms with Gasteiger partial charge in [0.05, 0.1) is 10.9 Å². The molecular formula is C20H29F2N3O3S. The number of piperazine rings is 1. The fourth-order valence-corrected chi connectivity index (χ4v) is 5.65. The summed E-state index contributed by atoms with van der Waals surface area (Å²) in [5, 5.41) is 0. The van der Waals surface area contributed by atoms with E-state index < -0.39 is 21.7 Å². The lowest BCUT2D eigenvalue weighted by atomic mass is 9.94. The number of hydrogen-bond donors (Lipinski definition) is 0. The van der Waals surface area contributed by atoms with Crippen molar-refractivity contribution >= 4 is 15.9 Å². The molecule has 0 bridgehead atoms. The maximum Gasteiger partial charge on any atom is 0.243 e. The van der Waals surface area contributed by atoms with Crippen LogP contribution in [0.1, 0.15) is 39.0 Å². The van der Waals surface area contributed by atoms with Crippen molar-refractivity contribution in [3.8, 4) is 0 Å². The Labute approximate surface area is 171 Å². The van der Waals surface area contributed by atoms with Gasteiger partial charge in [0.1, 0.15) is 0 Å². The Balaban J connectivity index is 1.60. The van der Waals surface area contributed by atoms with E-state index in [9.17, 15) is 22.0 Å². The van der Waals surface area contributed by atoms with Crippen molar-refractivity contribution < 1.29 is 22.0 Å². The number of benzene rings is 1. The molecule has 1 atom stereocenters. The van der Waals surface area contributed by atoms with Crippen LogP contribution < -0.4 is 0 Å². The number of amides is 1. The second-order valence-corrected chi connectivity index (χ2v) is 9.87. The summed E-state index contributed by atoms with van der Waals surface area (Å²) in [5.74, 6) is -2.20. The van der Waals surface area contributed by atoms with Crippen molar-refractivity contribution in [3.05, 3.63) is 29.8 Å². The number of carbonyl (C=O) groups is 1. The van der Waals surface area contributed by atoms with Gasteiger partial charge in [-0.2, -0.15) is 4.31 Å². The summed E-state index contributed by atoms with van der Waals surface area (Å²) in [6.45, 7) is 3.09. The number of sulfonamides is 1. The van der Waals surface area contributed by atoms with Gasteiger partial charge in [-0.15, -0.1) is 0 Å². The minimum absolute atomic E-state index is 0.0637. The first-order valence-electron chi connectivity index (χ1n) is 10.2. The Morgan fingerprint density at radius 3 is 2.28 bits per heavy atom. The zero-order valence-electron chi connectivity index (χ0n) is 17.0. The van der Waals surface area contributed by atoms with Gasteiger partial charge in [0.25, 0.3) is 0 Å². The normalized spacial score (nSPS) is 21.1. The standard InChI is InChI=1S/C20H29F2N3O3S/c1-15(20(26)23(2)16-6-4-3-5-7-16)24-10-12-25(13-11-24)29(27,28)17-8-9-18(21)19(22)14-17/h8-9,14-16H,3-7,10-13H2,1-2H3. The summed E-state index contributed by atoms with van der Waals surface area (Å²) >= 11 is 0. The van der Waals surface area contributed by atoms with Crippen molar-refractivity contribution in [1.29, 1.82) is 0 Å². The third-order valence-electron chi connectivity index (χ3n) is 6.18. The minimum Gasteiger partial charge on any atom is -0.341 e. The summed E-state index contributed by atoms with van der Waals surface area (Å²) in [6, 6.07) is 2.57. The number of rotatable bonds is 5. The minimum atomic E-state index is -3.90. The molecule has 2 fully saturated rings. The van der Waals surface area contributed by atoms with Crippen LogP contribution in [0, 0.1) is 11.6 Å². The molecule has 1 aliphatic heterocycles. The Bertz CT molecular complexity index is 835. The van der Waals surface area contributed by atoms with E-state index in [1.54, 1.807) is 0 Å². The number of likely N-dealkylation sites (N-methyl/N-ethyl adjacent to an activating group) is 1. The van der Waals surface area contributed by atoms with Gasteiger partial charge in [0.2, 0.25) is 15.9 Å². The first-order valence-corrected chi connectivity index (χ1v) is 11.6. The van der Waals surface area contributed by atoms with Gasteiger partial charge in [-0.25, -0.2) is 17.2 Å². The third kappa shape index (κ3) is 4.78. The quantitative estimate of drug-likeness (QED) is 0.722. The first kappa shape index (κ1) is 22.1. The molecule has 6 nitrogen and oxygen atoms in total. The van der Waals surface area contributed by atoms with Crippen LogP contribution in [0.2, 0.25) is 0 Å². The highest BCUT2D eigenvalue weighted by Crippen LogP contribution is 2.24. The molecule has 1 aliphatic carbocycles. The van der Waals surface area contributed by atoms with Gasteiger partial charge in [0, 0.05) is 39.3 Å². The summed E-state index contributed by atoms with van der Waals surface area (Å²) in [4.78, 5) is 16.5. The van der Waals surface area contributed by atoms with Gasteiger partial charge in [-0.1, -0.05) is 19.3 Å². The molecule has 162 valence electrons. The summed E-state index contributed by atoms with van der Waals surface area (Å²) in [6.07, 6.45) is 5.60. The van der Waals surface area contributed by atoms with E-state index in [1.165, 1.54) is 10.7 Å². The van der Waals surface area contributed by atoms with Crippen molar-refractivity contribution in [2.24, 2.45) is 0 Å². The van der Waals surface area contributed by atoms with E-state index in [0.717, 1.165) is 37.8 Å². The van der Waals surface area contributed by atoms with Crippen LogP contribution in [0.25, 0.3) is 0 Å². The van der Waals surface area contributed by atoms with E-state index in [4.69, 9.17) is 0 Å². The Kier molecular flexibility index (Phi) is 6.90. The lowest BCUT2D eigenvalue weighted by Gasteiger charge is -2.39. The topological polar surface area (TPSA) is 60.9 Å². The van der Waals surface area contributed by atoms with Crippen LogP contribution in [0.5, 0.6) is 0 Å². The highest BCUT2D eigenvalue weighted by Gasteiger charge is 2.34. The maximum atomic E-state index is 13.5. The van der Waals surface area contributed by atoms with Gasteiger partial charge >= 0.3 is 0 Å². The molecule has 0 aromatic heterocycles. The highest BCUT2D eigenvalue weighted by atomic mass is 32.2. The second-order valence-electron chi connectivity index (χ2n) is 7.93. The molecule has 0 spiro atoms. The molecule has 1 aromatic rings. The van der Waals surface area contributed by atoms with Gasteiger partial charge in [-0.05, 0) is 38.0 Å². The lowest BCUT2D eigenvalue weighted by Crippen LogP contribution is -2.56. The SMILES string of the molecule is CC(C(=O)N(C)C1CCCCC1)N1CCN(S(=O)(=O)c2ccc(F)c(F)c2)CC1. The van der Waals surface area contributed by atoms with Crippen molar-refractivity contribution in [3.63, 3.8) is 0 Å². The number of nitrogens with zero attached hydrogens (tertiary/aromatic N) is 3. The predicted octanol–water partition coefficient (Wildman–Crippen LogP) is 2.45. The molecule has 1 amide bonds. The number of carbonyl (C=O) groups excluding carboxylic acids is 1. The zero-order valence-corrected chi connectivity index (χ0v) is 17.8. The monoisotopic (exact) mass is 429 g/mol. The molecule has 1 saturated carbocycles. The average Bonchev–Trinajstić information content (AvgIpc) is 2.74. The van der Waals surface area contributed by atoms with Crippen LogP contribution in [-0.4, -0.2) is 73.7 Å². The van der Waals surface area contributed by atoms with Gasteiger partial charge < -0.3 is 4.90 Å². The molecule has 0 N–H and O–H groups in total. The van der Waals surface area contributed by atoms with E-state index in [-0.39, 0.29) is 36.0 Å². The van der Waals surface area contributed by atoms with E-state index in [1.807, 2.05) is 23.8 Å². The second kappa shape index (κ2) is 9.06. The van der Waals surface area contributed by atoms with Crippen molar-refractivity contribution in [2.75, 3.05) is 33.2 Å². The first-order chi connectivity index (χ1) is 13.7. The lowest BCUT2D eigenvalue weighted by molar-refractivity contribution is -0.138. The van der Waals surface area contributed by atoms with Gasteiger partial charge in [-0.3, -0.25) is 9.69 Å². The Morgan fingerprint density at radius 1 is 1.07 bits per heavy atom. The number of halogens is 2. The predicted molar refractivity (Wildman–Crippen MR) is 106 cm³/mol. The smallest absolute Gasteiger partial charge is 0.243 e. The molecule has 1 heterocycles. The Morgan fingerprint density at radius 2 is 1.69 bits per heavy atom.